The zero-order valence-corrected chi connectivity index (χ0v) is 6.23. The van der Waals surface area contributed by atoms with Gasteiger partial charge in [0.1, 0.15) is 0 Å². The second-order valence-corrected chi connectivity index (χ2v) is 2.28. The van der Waals surface area contributed by atoms with E-state index in [2.05, 4.69) is 10.2 Å². The van der Waals surface area contributed by atoms with Gasteiger partial charge in [-0.05, 0) is 25.0 Å². The minimum Gasteiger partial charge on any atom is -0.261 e. The summed E-state index contributed by atoms with van der Waals surface area (Å²) in [7, 11) is 0. The summed E-state index contributed by atoms with van der Waals surface area (Å²) in [4.78, 5) is 13.8. The molecule has 0 saturated heterocycles. The topological polar surface area (TPSA) is 42.3 Å². The molecule has 0 atom stereocenters. The van der Waals surface area contributed by atoms with Crippen molar-refractivity contribution >= 4 is 0 Å². The second kappa shape index (κ2) is 4.55. The van der Waals surface area contributed by atoms with Gasteiger partial charge in [-0.25, -0.2) is 0 Å². The largest absolute Gasteiger partial charge is 0.261 e. The molecule has 0 N–H and O–H groups in total. The number of pyridine rings is 1. The van der Waals surface area contributed by atoms with E-state index < -0.39 is 0 Å². The summed E-state index contributed by atoms with van der Waals surface area (Å²) in [5.74, 6) is 0. The van der Waals surface area contributed by atoms with Crippen molar-refractivity contribution in [3.05, 3.63) is 35.0 Å². The Morgan fingerprint density at radius 1 is 1.45 bits per heavy atom. The van der Waals surface area contributed by atoms with E-state index >= 15 is 0 Å². The van der Waals surface area contributed by atoms with Crippen molar-refractivity contribution in [2.45, 2.75) is 12.8 Å². The molecule has 58 valence electrons. The van der Waals surface area contributed by atoms with E-state index in [0.717, 1.165) is 18.5 Å². The normalized spacial score (nSPS) is 9.45. The van der Waals surface area contributed by atoms with E-state index in [9.17, 15) is 4.91 Å². The number of hydrogen-bond acceptors (Lipinski definition) is 3. The van der Waals surface area contributed by atoms with E-state index in [1.54, 1.807) is 6.20 Å². The van der Waals surface area contributed by atoms with Gasteiger partial charge in [0.15, 0.2) is 0 Å². The first-order valence-electron chi connectivity index (χ1n) is 3.62. The van der Waals surface area contributed by atoms with Crippen LogP contribution in [0.25, 0.3) is 0 Å². The maximum absolute atomic E-state index is 9.72. The number of nitroso groups, excluding NO2 is 1. The number of aromatic nitrogens is 1. The van der Waals surface area contributed by atoms with Crippen LogP contribution in [-0.4, -0.2) is 11.5 Å². The van der Waals surface area contributed by atoms with E-state index in [1.165, 1.54) is 0 Å². The van der Waals surface area contributed by atoms with Gasteiger partial charge in [-0.15, -0.1) is 0 Å². The molecule has 1 rings (SSSR count). The molecular weight excluding hydrogens is 140 g/mol. The molecule has 0 bridgehead atoms. The third kappa shape index (κ3) is 2.89. The summed E-state index contributed by atoms with van der Waals surface area (Å²) in [5.41, 5.74) is 1.02. The van der Waals surface area contributed by atoms with Crippen LogP contribution in [0.15, 0.2) is 29.6 Å². The molecule has 0 radical (unpaired) electrons. The van der Waals surface area contributed by atoms with Crippen molar-refractivity contribution in [3.8, 4) is 0 Å². The molecule has 0 unspecified atom stereocenters. The number of aryl methyl sites for hydroxylation is 1. The Balaban J connectivity index is 2.33. The molecule has 1 aromatic heterocycles. The van der Waals surface area contributed by atoms with Gasteiger partial charge in [0.2, 0.25) is 0 Å². The maximum atomic E-state index is 9.72. The molecule has 0 aliphatic rings. The van der Waals surface area contributed by atoms with Crippen LogP contribution in [0.3, 0.4) is 0 Å². The van der Waals surface area contributed by atoms with Crippen LogP contribution >= 0.6 is 0 Å². The van der Waals surface area contributed by atoms with Crippen LogP contribution in [0, 0.1) is 4.91 Å². The molecule has 1 heterocycles. The zero-order valence-electron chi connectivity index (χ0n) is 6.23. The minimum absolute atomic E-state index is 0.385. The lowest BCUT2D eigenvalue weighted by Crippen LogP contribution is -1.90. The molecule has 0 aliphatic heterocycles. The Morgan fingerprint density at radius 2 is 2.36 bits per heavy atom. The molecule has 11 heavy (non-hydrogen) atoms. The molecule has 0 saturated carbocycles. The second-order valence-electron chi connectivity index (χ2n) is 2.28. The lowest BCUT2D eigenvalue weighted by atomic mass is 10.2. The first-order chi connectivity index (χ1) is 5.43. The maximum Gasteiger partial charge on any atom is 0.0814 e. The highest BCUT2D eigenvalue weighted by Crippen LogP contribution is 1.97. The molecule has 0 fully saturated rings. The molecule has 1 aromatic rings. The van der Waals surface area contributed by atoms with Crippen LogP contribution in [-0.2, 0) is 6.42 Å². The van der Waals surface area contributed by atoms with Crippen LogP contribution < -0.4 is 0 Å². The Bertz CT molecular complexity index is 211. The summed E-state index contributed by atoms with van der Waals surface area (Å²) in [6, 6.07) is 5.77. The van der Waals surface area contributed by atoms with Crippen molar-refractivity contribution in [1.29, 1.82) is 0 Å². The fraction of sp³-hybridized carbons (Fsp3) is 0.375. The van der Waals surface area contributed by atoms with E-state index in [-0.39, 0.29) is 0 Å². The van der Waals surface area contributed by atoms with Gasteiger partial charge >= 0.3 is 0 Å². The highest BCUT2D eigenvalue weighted by Gasteiger charge is 1.91. The summed E-state index contributed by atoms with van der Waals surface area (Å²) < 4.78 is 0. The standard InChI is InChI=1S/C8H10N2O/c11-10-7-3-5-8-4-1-2-6-9-8/h1-2,4,6H,3,5,7H2. The fourth-order valence-corrected chi connectivity index (χ4v) is 0.871. The van der Waals surface area contributed by atoms with Crippen molar-refractivity contribution < 1.29 is 0 Å². The van der Waals surface area contributed by atoms with Gasteiger partial charge in [-0.2, -0.15) is 4.91 Å². The first-order valence-corrected chi connectivity index (χ1v) is 3.62. The molecular formula is C8H10N2O. The van der Waals surface area contributed by atoms with E-state index in [4.69, 9.17) is 0 Å². The zero-order chi connectivity index (χ0) is 7.94. The Morgan fingerprint density at radius 3 is 3.00 bits per heavy atom. The summed E-state index contributed by atoms with van der Waals surface area (Å²) >= 11 is 0. The summed E-state index contributed by atoms with van der Waals surface area (Å²) in [5, 5.41) is 2.77. The van der Waals surface area contributed by atoms with Crippen LogP contribution in [0.5, 0.6) is 0 Å². The highest BCUT2D eigenvalue weighted by atomic mass is 16.3. The summed E-state index contributed by atoms with van der Waals surface area (Å²) in [6.45, 7) is 0.385. The highest BCUT2D eigenvalue weighted by molar-refractivity contribution is 5.03. The first kappa shape index (κ1) is 7.85. The van der Waals surface area contributed by atoms with Crippen LogP contribution in [0.4, 0.5) is 0 Å². The molecule has 0 aromatic carbocycles. The molecule has 3 heteroatoms. The average Bonchev–Trinajstić information content (AvgIpc) is 2.07. The average molecular weight is 150 g/mol. The SMILES string of the molecule is O=NCCCc1ccccn1. The van der Waals surface area contributed by atoms with Gasteiger partial charge in [-0.3, -0.25) is 4.98 Å². The third-order valence-electron chi connectivity index (χ3n) is 1.41. The minimum atomic E-state index is 0.385. The fourth-order valence-electron chi connectivity index (χ4n) is 0.871. The third-order valence-corrected chi connectivity index (χ3v) is 1.41. The van der Waals surface area contributed by atoms with Gasteiger partial charge in [0, 0.05) is 11.9 Å². The van der Waals surface area contributed by atoms with Gasteiger partial charge in [-0.1, -0.05) is 11.2 Å². The number of nitrogens with zero attached hydrogens (tertiary/aromatic N) is 2. The lowest BCUT2D eigenvalue weighted by molar-refractivity contribution is 0.808. The van der Waals surface area contributed by atoms with Gasteiger partial charge in [0.25, 0.3) is 0 Å². The van der Waals surface area contributed by atoms with Gasteiger partial charge < -0.3 is 0 Å². The van der Waals surface area contributed by atoms with Gasteiger partial charge in [0.05, 0.1) is 6.54 Å². The van der Waals surface area contributed by atoms with Crippen molar-refractivity contribution in [3.63, 3.8) is 0 Å². The van der Waals surface area contributed by atoms with Crippen LogP contribution in [0.2, 0.25) is 0 Å². The smallest absolute Gasteiger partial charge is 0.0814 e. The van der Waals surface area contributed by atoms with E-state index in [1.807, 2.05) is 18.2 Å². The molecule has 0 amide bonds. The number of rotatable bonds is 4. The monoisotopic (exact) mass is 150 g/mol. The predicted octanol–water partition coefficient (Wildman–Crippen LogP) is 1.78. The van der Waals surface area contributed by atoms with Crippen molar-refractivity contribution in [1.82, 2.24) is 4.98 Å². The molecule has 3 nitrogen and oxygen atoms in total. The number of hydrogen-bond donors (Lipinski definition) is 0. The Kier molecular flexibility index (Phi) is 3.25. The van der Waals surface area contributed by atoms with E-state index in [0.29, 0.717) is 6.54 Å². The molecule has 0 aliphatic carbocycles. The van der Waals surface area contributed by atoms with Crippen molar-refractivity contribution in [2.24, 2.45) is 5.18 Å². The quantitative estimate of drug-likeness (QED) is 0.485. The molecule has 0 spiro atoms. The summed E-state index contributed by atoms with van der Waals surface area (Å²) in [6.07, 6.45) is 3.39. The Hall–Kier alpha value is -1.25. The van der Waals surface area contributed by atoms with Crippen LogP contribution in [0.1, 0.15) is 12.1 Å². The predicted molar refractivity (Wildman–Crippen MR) is 43.2 cm³/mol. The lowest BCUT2D eigenvalue weighted by Gasteiger charge is -1.94. The van der Waals surface area contributed by atoms with Crippen molar-refractivity contribution in [2.75, 3.05) is 6.54 Å². The Labute approximate surface area is 65.4 Å².